The number of carbonyl (C=O) groups excluding carboxylic acids is 1. The monoisotopic (exact) mass is 179 g/mol. The van der Waals surface area contributed by atoms with E-state index < -0.39 is 0 Å². The van der Waals surface area contributed by atoms with Crippen LogP contribution in [-0.2, 0) is 4.79 Å². The summed E-state index contributed by atoms with van der Waals surface area (Å²) in [6.45, 7) is 3.99. The van der Waals surface area contributed by atoms with Gasteiger partial charge in [-0.25, -0.2) is 4.99 Å². The molecule has 1 aromatic carbocycles. The number of guanidine groups is 1. The van der Waals surface area contributed by atoms with E-state index in [0.29, 0.717) is 0 Å². The van der Waals surface area contributed by atoms with E-state index in [-0.39, 0.29) is 5.96 Å². The van der Waals surface area contributed by atoms with Crippen molar-refractivity contribution in [3.63, 3.8) is 0 Å². The van der Waals surface area contributed by atoms with Gasteiger partial charge in [-0.15, -0.1) is 0 Å². The molecule has 0 heterocycles. The normalized spacial score (nSPS) is 8.08. The van der Waals surface area contributed by atoms with Crippen LogP contribution < -0.4 is 11.5 Å². The van der Waals surface area contributed by atoms with Crippen molar-refractivity contribution in [3.05, 3.63) is 29.8 Å². The van der Waals surface area contributed by atoms with Gasteiger partial charge in [0.1, 0.15) is 6.79 Å². The Bertz CT molecular complexity index is 293. The Kier molecular flexibility index (Phi) is 4.95. The van der Waals surface area contributed by atoms with Gasteiger partial charge in [0.25, 0.3) is 0 Å². The molecule has 4 heteroatoms. The number of rotatable bonds is 1. The lowest BCUT2D eigenvalue weighted by atomic mass is 10.2. The van der Waals surface area contributed by atoms with Gasteiger partial charge in [0, 0.05) is 0 Å². The quantitative estimate of drug-likeness (QED) is 0.492. The van der Waals surface area contributed by atoms with Gasteiger partial charge >= 0.3 is 0 Å². The van der Waals surface area contributed by atoms with Crippen molar-refractivity contribution >= 4 is 18.4 Å². The maximum Gasteiger partial charge on any atom is 0.191 e. The molecule has 1 rings (SSSR count). The van der Waals surface area contributed by atoms with Gasteiger partial charge in [-0.05, 0) is 24.6 Å². The molecule has 1 aromatic rings. The van der Waals surface area contributed by atoms with E-state index in [1.54, 1.807) is 0 Å². The van der Waals surface area contributed by atoms with E-state index in [1.165, 1.54) is 0 Å². The number of aliphatic imine (C=N–C) groups is 1. The summed E-state index contributed by atoms with van der Waals surface area (Å²) in [5.41, 5.74) is 12.3. The van der Waals surface area contributed by atoms with Gasteiger partial charge in [0.2, 0.25) is 0 Å². The average Bonchev–Trinajstić information content (AvgIpc) is 2.06. The first-order valence-electron chi connectivity index (χ1n) is 3.63. The summed E-state index contributed by atoms with van der Waals surface area (Å²) < 4.78 is 0. The summed E-state index contributed by atoms with van der Waals surface area (Å²) in [6.07, 6.45) is 0. The molecule has 0 atom stereocenters. The molecule has 0 unspecified atom stereocenters. The van der Waals surface area contributed by atoms with E-state index in [0.717, 1.165) is 11.3 Å². The molecule has 0 aliphatic rings. The topological polar surface area (TPSA) is 81.5 Å². The number of aryl methyl sites for hydroxylation is 1. The molecule has 0 aliphatic heterocycles. The van der Waals surface area contributed by atoms with Crippen LogP contribution in [0.4, 0.5) is 5.69 Å². The summed E-state index contributed by atoms with van der Waals surface area (Å²) in [4.78, 5) is 11.9. The molecule has 0 saturated carbocycles. The van der Waals surface area contributed by atoms with Crippen LogP contribution in [0, 0.1) is 6.92 Å². The lowest BCUT2D eigenvalue weighted by molar-refractivity contribution is -0.0979. The van der Waals surface area contributed by atoms with Crippen molar-refractivity contribution in [3.8, 4) is 0 Å². The number of hydrogen-bond donors (Lipinski definition) is 2. The largest absolute Gasteiger partial charge is 0.370 e. The van der Waals surface area contributed by atoms with Crippen molar-refractivity contribution < 1.29 is 4.79 Å². The van der Waals surface area contributed by atoms with Crippen LogP contribution in [0.25, 0.3) is 0 Å². The van der Waals surface area contributed by atoms with Crippen LogP contribution in [-0.4, -0.2) is 12.7 Å². The molecule has 0 aliphatic carbocycles. The van der Waals surface area contributed by atoms with E-state index in [1.807, 2.05) is 38.0 Å². The Morgan fingerprint density at radius 1 is 1.38 bits per heavy atom. The highest BCUT2D eigenvalue weighted by Crippen LogP contribution is 2.12. The molecule has 0 amide bonds. The first kappa shape index (κ1) is 11.2. The maximum absolute atomic E-state index is 8.00. The minimum atomic E-state index is 0.0931. The highest BCUT2D eigenvalue weighted by molar-refractivity contribution is 5.78. The zero-order chi connectivity index (χ0) is 10.3. The van der Waals surface area contributed by atoms with Gasteiger partial charge < -0.3 is 16.3 Å². The Balaban J connectivity index is 0.000000671. The highest BCUT2D eigenvalue weighted by Gasteiger charge is 1.88. The van der Waals surface area contributed by atoms with Crippen LogP contribution in [0.15, 0.2) is 29.3 Å². The highest BCUT2D eigenvalue weighted by atomic mass is 16.1. The van der Waals surface area contributed by atoms with Gasteiger partial charge in [0.05, 0.1) is 5.69 Å². The standard InChI is InChI=1S/C8H11N3.CH2O/c1-6-3-2-4-7(5-6)11-8(9)10;1-2/h2-5H,1H3,(H4,9,10,11);1H2. The summed E-state index contributed by atoms with van der Waals surface area (Å²) in [6, 6.07) is 7.68. The van der Waals surface area contributed by atoms with Gasteiger partial charge in [-0.1, -0.05) is 12.1 Å². The Morgan fingerprint density at radius 3 is 2.46 bits per heavy atom. The van der Waals surface area contributed by atoms with E-state index in [2.05, 4.69) is 4.99 Å². The van der Waals surface area contributed by atoms with Crippen molar-refractivity contribution in [2.75, 3.05) is 0 Å². The fourth-order valence-electron chi connectivity index (χ4n) is 0.847. The smallest absolute Gasteiger partial charge is 0.191 e. The minimum Gasteiger partial charge on any atom is -0.370 e. The van der Waals surface area contributed by atoms with Crippen molar-refractivity contribution in [2.24, 2.45) is 16.5 Å². The zero-order valence-electron chi connectivity index (χ0n) is 7.53. The molecule has 4 N–H and O–H groups in total. The predicted molar refractivity (Wildman–Crippen MR) is 53.8 cm³/mol. The van der Waals surface area contributed by atoms with Crippen LogP contribution in [0.3, 0.4) is 0 Å². The molecule has 0 saturated heterocycles. The van der Waals surface area contributed by atoms with Crippen molar-refractivity contribution in [2.45, 2.75) is 6.92 Å². The summed E-state index contributed by atoms with van der Waals surface area (Å²) >= 11 is 0. The number of benzene rings is 1. The van der Waals surface area contributed by atoms with Crippen LogP contribution >= 0.6 is 0 Å². The second-order valence-electron chi connectivity index (χ2n) is 2.38. The molecular weight excluding hydrogens is 166 g/mol. The van der Waals surface area contributed by atoms with E-state index in [9.17, 15) is 0 Å². The van der Waals surface area contributed by atoms with Gasteiger partial charge in [-0.2, -0.15) is 0 Å². The Morgan fingerprint density at radius 2 is 2.00 bits per heavy atom. The van der Waals surface area contributed by atoms with Crippen LogP contribution in [0.1, 0.15) is 5.56 Å². The Hall–Kier alpha value is -1.84. The average molecular weight is 179 g/mol. The zero-order valence-corrected chi connectivity index (χ0v) is 7.53. The summed E-state index contributed by atoms with van der Waals surface area (Å²) in [5.74, 6) is 0.0931. The molecule has 0 fully saturated rings. The van der Waals surface area contributed by atoms with Crippen LogP contribution in [0.5, 0.6) is 0 Å². The maximum atomic E-state index is 8.00. The van der Waals surface area contributed by atoms with E-state index in [4.69, 9.17) is 16.3 Å². The first-order valence-corrected chi connectivity index (χ1v) is 3.63. The SMILES string of the molecule is C=O.Cc1cccc(N=C(N)N)c1. The lowest BCUT2D eigenvalue weighted by Gasteiger charge is -1.95. The molecule has 70 valence electrons. The molecule has 0 bridgehead atoms. The third-order valence-electron chi connectivity index (χ3n) is 1.26. The number of carbonyl (C=O) groups is 1. The number of nitrogens with zero attached hydrogens (tertiary/aromatic N) is 1. The predicted octanol–water partition coefficient (Wildman–Crippen LogP) is 0.715. The van der Waals surface area contributed by atoms with Crippen molar-refractivity contribution in [1.29, 1.82) is 0 Å². The lowest BCUT2D eigenvalue weighted by Crippen LogP contribution is -2.21. The Labute approximate surface area is 77.3 Å². The number of nitrogens with two attached hydrogens (primary N) is 2. The summed E-state index contributed by atoms with van der Waals surface area (Å²) in [7, 11) is 0. The fourth-order valence-corrected chi connectivity index (χ4v) is 0.847. The van der Waals surface area contributed by atoms with Gasteiger partial charge in [0.15, 0.2) is 5.96 Å². The molecular formula is C9H13N3O. The second kappa shape index (κ2) is 5.77. The second-order valence-corrected chi connectivity index (χ2v) is 2.38. The van der Waals surface area contributed by atoms with Gasteiger partial charge in [-0.3, -0.25) is 0 Å². The fraction of sp³-hybridized carbons (Fsp3) is 0.111. The molecule has 0 spiro atoms. The molecule has 13 heavy (non-hydrogen) atoms. The minimum absolute atomic E-state index is 0.0931. The first-order chi connectivity index (χ1) is 6.18. The van der Waals surface area contributed by atoms with Crippen LogP contribution in [0.2, 0.25) is 0 Å². The third kappa shape index (κ3) is 4.58. The van der Waals surface area contributed by atoms with E-state index >= 15 is 0 Å². The summed E-state index contributed by atoms with van der Waals surface area (Å²) in [5, 5.41) is 0. The van der Waals surface area contributed by atoms with Crippen molar-refractivity contribution in [1.82, 2.24) is 0 Å². The molecule has 0 radical (unpaired) electrons. The number of hydrogen-bond acceptors (Lipinski definition) is 2. The third-order valence-corrected chi connectivity index (χ3v) is 1.26. The molecule has 4 nitrogen and oxygen atoms in total. The molecule has 0 aromatic heterocycles.